The van der Waals surface area contributed by atoms with Crippen LogP contribution >= 0.6 is 12.2 Å². The molecule has 1 nitrogen and oxygen atoms in total. The van der Waals surface area contributed by atoms with Crippen LogP contribution in [-0.4, -0.2) is 12.3 Å². The molecule has 0 radical (unpaired) electrons. The molecule has 0 aromatic carbocycles. The van der Waals surface area contributed by atoms with E-state index < -0.39 is 6.80 Å². The van der Waals surface area contributed by atoms with Gasteiger partial charge in [0.25, 0.3) is 0 Å². The maximum absolute atomic E-state index is 10.8. The second kappa shape index (κ2) is 3.82. The molecule has 0 heterocycles. The Labute approximate surface area is 35.2 Å². The standard InChI is InChI=1S/C2H4FNS/c3-1-4-2-5/h2H,1H2,(H,4,5). The number of hydrogen-bond acceptors (Lipinski definition) is 1. The third kappa shape index (κ3) is 3.82. The molecule has 0 unspecified atom stereocenters. The van der Waals surface area contributed by atoms with Crippen LogP contribution in [0.15, 0.2) is 0 Å². The Morgan fingerprint density at radius 3 is 2.60 bits per heavy atom. The Balaban J connectivity index is 2.40. The average molecular weight is 93.1 g/mol. The van der Waals surface area contributed by atoms with Gasteiger partial charge < -0.3 is 5.32 Å². The molecule has 5 heavy (non-hydrogen) atoms. The van der Waals surface area contributed by atoms with Gasteiger partial charge in [-0.1, -0.05) is 12.2 Å². The van der Waals surface area contributed by atoms with Gasteiger partial charge in [-0.2, -0.15) is 0 Å². The molecule has 0 saturated heterocycles. The monoisotopic (exact) mass is 93.0 g/mol. The van der Waals surface area contributed by atoms with Gasteiger partial charge in [0.1, 0.15) is 0 Å². The number of halogens is 1. The number of thiocarbonyl (C=S) groups is 1. The minimum atomic E-state index is -0.566. The number of nitrogens with one attached hydrogen (secondary N) is 1. The number of hydrogen-bond donors (Lipinski definition) is 1. The summed E-state index contributed by atoms with van der Waals surface area (Å²) in [5, 5.41) is 2.13. The summed E-state index contributed by atoms with van der Waals surface area (Å²) in [5.74, 6) is 0. The highest BCUT2D eigenvalue weighted by Crippen LogP contribution is 1.49. The van der Waals surface area contributed by atoms with Gasteiger partial charge in [-0.25, -0.2) is 4.39 Å². The van der Waals surface area contributed by atoms with Crippen LogP contribution in [0, 0.1) is 0 Å². The van der Waals surface area contributed by atoms with Crippen molar-refractivity contribution in [3.05, 3.63) is 0 Å². The Kier molecular flexibility index (Phi) is 3.68. The van der Waals surface area contributed by atoms with E-state index in [1.54, 1.807) is 0 Å². The van der Waals surface area contributed by atoms with Gasteiger partial charge in [0.15, 0.2) is 6.80 Å². The lowest BCUT2D eigenvalue weighted by atomic mass is 11.2. The molecule has 0 saturated carbocycles. The molecule has 0 spiro atoms. The van der Waals surface area contributed by atoms with E-state index in [-0.39, 0.29) is 0 Å². The van der Waals surface area contributed by atoms with Crippen LogP contribution in [0.25, 0.3) is 0 Å². The largest absolute Gasteiger partial charge is 0.356 e. The molecule has 0 atom stereocenters. The molecule has 0 aliphatic rings. The number of rotatable bonds is 2. The fraction of sp³-hybridized carbons (Fsp3) is 0.500. The second-order valence-electron chi connectivity index (χ2n) is 0.456. The van der Waals surface area contributed by atoms with Crippen molar-refractivity contribution in [3.8, 4) is 0 Å². The van der Waals surface area contributed by atoms with Crippen LogP contribution in [0.5, 0.6) is 0 Å². The average Bonchev–Trinajstić information content (AvgIpc) is 1.41. The highest BCUT2D eigenvalue weighted by Gasteiger charge is 1.59. The van der Waals surface area contributed by atoms with Gasteiger partial charge in [-0.15, -0.1) is 0 Å². The first-order chi connectivity index (χ1) is 2.41. The molecule has 0 fully saturated rings. The normalized spacial score (nSPS) is 6.60. The molecular formula is C2H4FNS. The van der Waals surface area contributed by atoms with Gasteiger partial charge >= 0.3 is 0 Å². The van der Waals surface area contributed by atoms with Gasteiger partial charge in [-0.05, 0) is 0 Å². The lowest BCUT2D eigenvalue weighted by molar-refractivity contribution is 0.480. The third-order valence-electron chi connectivity index (χ3n) is 0.160. The summed E-state index contributed by atoms with van der Waals surface area (Å²) >= 11 is 4.18. The molecule has 0 bridgehead atoms. The Morgan fingerprint density at radius 2 is 2.60 bits per heavy atom. The Hall–Kier alpha value is -0.180. The summed E-state index contributed by atoms with van der Waals surface area (Å²) in [7, 11) is 0. The Bertz CT molecular complexity index is 30.8. The molecule has 0 aromatic rings. The van der Waals surface area contributed by atoms with Crippen molar-refractivity contribution in [1.82, 2.24) is 5.32 Å². The van der Waals surface area contributed by atoms with Gasteiger partial charge in [0.2, 0.25) is 0 Å². The van der Waals surface area contributed by atoms with E-state index in [0.29, 0.717) is 0 Å². The fourth-order valence-corrected chi connectivity index (χ4v) is 0.0945. The van der Waals surface area contributed by atoms with E-state index in [9.17, 15) is 4.39 Å². The van der Waals surface area contributed by atoms with E-state index in [2.05, 4.69) is 17.5 Å². The molecule has 0 rings (SSSR count). The van der Waals surface area contributed by atoms with E-state index in [1.807, 2.05) is 0 Å². The van der Waals surface area contributed by atoms with Gasteiger partial charge in [-0.3, -0.25) is 0 Å². The molecule has 3 heteroatoms. The SMILES string of the molecule is FCNC=S. The van der Waals surface area contributed by atoms with Crippen LogP contribution in [-0.2, 0) is 0 Å². The fourth-order valence-electron chi connectivity index (χ4n) is 0.0315. The van der Waals surface area contributed by atoms with Crippen LogP contribution < -0.4 is 5.32 Å². The smallest absolute Gasteiger partial charge is 0.159 e. The van der Waals surface area contributed by atoms with E-state index in [1.165, 1.54) is 0 Å². The summed E-state index contributed by atoms with van der Waals surface area (Å²) in [6.45, 7) is -0.566. The summed E-state index contributed by atoms with van der Waals surface area (Å²) in [6, 6.07) is 0. The van der Waals surface area contributed by atoms with Crippen molar-refractivity contribution in [2.24, 2.45) is 0 Å². The van der Waals surface area contributed by atoms with Gasteiger partial charge in [0.05, 0.1) is 5.49 Å². The summed E-state index contributed by atoms with van der Waals surface area (Å²) in [6.07, 6.45) is 0. The molecule has 1 N–H and O–H groups in total. The van der Waals surface area contributed by atoms with Crippen LogP contribution in [0.3, 0.4) is 0 Å². The van der Waals surface area contributed by atoms with E-state index >= 15 is 0 Å². The van der Waals surface area contributed by atoms with Crippen molar-refractivity contribution in [2.45, 2.75) is 0 Å². The van der Waals surface area contributed by atoms with Crippen LogP contribution in [0.1, 0.15) is 0 Å². The summed E-state index contributed by atoms with van der Waals surface area (Å²) < 4.78 is 10.8. The van der Waals surface area contributed by atoms with Crippen molar-refractivity contribution in [2.75, 3.05) is 6.80 Å². The van der Waals surface area contributed by atoms with Crippen LogP contribution in [0.2, 0.25) is 0 Å². The summed E-state index contributed by atoms with van der Waals surface area (Å²) in [4.78, 5) is 0. The van der Waals surface area contributed by atoms with Crippen molar-refractivity contribution in [1.29, 1.82) is 0 Å². The predicted molar refractivity (Wildman–Crippen MR) is 22.8 cm³/mol. The predicted octanol–water partition coefficient (Wildman–Crippen LogP) is 0.460. The summed E-state index contributed by atoms with van der Waals surface area (Å²) in [5.41, 5.74) is 1.14. The minimum absolute atomic E-state index is 0.566. The molecule has 0 aliphatic heterocycles. The molecule has 0 amide bonds. The first-order valence-corrected chi connectivity index (χ1v) is 1.62. The van der Waals surface area contributed by atoms with Crippen molar-refractivity contribution < 1.29 is 4.39 Å². The van der Waals surface area contributed by atoms with Crippen LogP contribution in [0.4, 0.5) is 4.39 Å². The van der Waals surface area contributed by atoms with Gasteiger partial charge in [0, 0.05) is 0 Å². The first-order valence-electron chi connectivity index (χ1n) is 1.15. The zero-order chi connectivity index (χ0) is 4.12. The minimum Gasteiger partial charge on any atom is -0.356 e. The maximum Gasteiger partial charge on any atom is 0.159 e. The highest BCUT2D eigenvalue weighted by atomic mass is 32.1. The molecular weight excluding hydrogens is 89.1 g/mol. The quantitative estimate of drug-likeness (QED) is 0.393. The lowest BCUT2D eigenvalue weighted by Gasteiger charge is -1.78. The van der Waals surface area contributed by atoms with Crippen molar-refractivity contribution >= 4 is 17.7 Å². The second-order valence-corrected chi connectivity index (χ2v) is 0.691. The highest BCUT2D eigenvalue weighted by molar-refractivity contribution is 7.78. The third-order valence-corrected chi connectivity index (χ3v) is 0.327. The Morgan fingerprint density at radius 1 is 2.00 bits per heavy atom. The zero-order valence-electron chi connectivity index (χ0n) is 2.57. The zero-order valence-corrected chi connectivity index (χ0v) is 3.39. The number of alkyl halides is 1. The van der Waals surface area contributed by atoms with Crippen molar-refractivity contribution in [3.63, 3.8) is 0 Å². The van der Waals surface area contributed by atoms with E-state index in [0.717, 1.165) is 5.49 Å². The lowest BCUT2D eigenvalue weighted by Crippen LogP contribution is -2.04. The molecule has 30 valence electrons. The first kappa shape index (κ1) is 4.82. The maximum atomic E-state index is 10.8. The molecule has 0 aliphatic carbocycles. The molecule has 0 aromatic heterocycles. The van der Waals surface area contributed by atoms with E-state index in [4.69, 9.17) is 0 Å². The topological polar surface area (TPSA) is 12.0 Å².